The molecule has 2 atom stereocenters. The monoisotopic (exact) mass is 436 g/mol. The third kappa shape index (κ3) is 8.04. The molecule has 2 unspecified atom stereocenters. The van der Waals surface area contributed by atoms with E-state index in [1.807, 2.05) is 13.8 Å². The molecule has 1 aromatic heterocycles. The fraction of sp³-hybridized carbons (Fsp3) is 0.765. The Bertz CT molecular complexity index is 465. The molecule has 0 aliphatic rings. The van der Waals surface area contributed by atoms with Gasteiger partial charge in [-0.2, -0.15) is 0 Å². The molecule has 0 aliphatic heterocycles. The van der Waals surface area contributed by atoms with Gasteiger partial charge in [0.05, 0.1) is 5.69 Å². The van der Waals surface area contributed by atoms with Gasteiger partial charge in [-0.25, -0.2) is 0 Å². The quantitative estimate of drug-likeness (QED) is 0.365. The van der Waals surface area contributed by atoms with Crippen molar-refractivity contribution >= 4 is 29.9 Å². The van der Waals surface area contributed by atoms with Crippen LogP contribution < -0.4 is 11.1 Å². The summed E-state index contributed by atoms with van der Waals surface area (Å²) >= 11 is 0. The number of hydrogen-bond donors (Lipinski definition) is 2. The van der Waals surface area contributed by atoms with Gasteiger partial charge in [0.1, 0.15) is 5.76 Å². The van der Waals surface area contributed by atoms with Crippen LogP contribution in [0, 0.1) is 19.8 Å². The zero-order valence-corrected chi connectivity index (χ0v) is 17.7. The van der Waals surface area contributed by atoms with Gasteiger partial charge in [-0.3, -0.25) is 4.99 Å². The Morgan fingerprint density at radius 3 is 2.39 bits per heavy atom. The fourth-order valence-electron chi connectivity index (χ4n) is 2.72. The number of aromatic nitrogens is 1. The van der Waals surface area contributed by atoms with E-state index in [1.54, 1.807) is 0 Å². The lowest BCUT2D eigenvalue weighted by atomic mass is 10.00. The molecule has 0 aliphatic carbocycles. The van der Waals surface area contributed by atoms with Gasteiger partial charge in [-0.1, -0.05) is 38.8 Å². The summed E-state index contributed by atoms with van der Waals surface area (Å²) in [5.74, 6) is 2.40. The Morgan fingerprint density at radius 1 is 1.22 bits per heavy atom. The van der Waals surface area contributed by atoms with Gasteiger partial charge in [0.2, 0.25) is 0 Å². The molecule has 0 aromatic carbocycles. The van der Waals surface area contributed by atoms with Crippen LogP contribution >= 0.6 is 24.0 Å². The highest BCUT2D eigenvalue weighted by Crippen LogP contribution is 2.23. The van der Waals surface area contributed by atoms with E-state index in [0.29, 0.717) is 18.5 Å². The van der Waals surface area contributed by atoms with Crippen LogP contribution in [0.1, 0.15) is 69.9 Å². The topological polar surface area (TPSA) is 76.4 Å². The predicted octanol–water partition coefficient (Wildman–Crippen LogP) is 4.13. The first kappa shape index (κ1) is 22.2. The number of nitrogens with one attached hydrogen (secondary N) is 1. The van der Waals surface area contributed by atoms with E-state index in [1.165, 1.54) is 12.8 Å². The normalized spacial score (nSPS) is 14.5. The fourth-order valence-corrected chi connectivity index (χ4v) is 2.72. The molecule has 134 valence electrons. The molecule has 1 aromatic rings. The molecule has 0 fully saturated rings. The molecule has 6 heteroatoms. The van der Waals surface area contributed by atoms with E-state index in [4.69, 9.17) is 10.3 Å². The molecule has 0 radical (unpaired) electrons. The number of nitrogens with two attached hydrogens (primary N) is 1. The number of aryl methyl sites for hydroxylation is 2. The average Bonchev–Trinajstić information content (AvgIpc) is 2.75. The molecule has 1 heterocycles. The molecule has 0 amide bonds. The van der Waals surface area contributed by atoms with Crippen molar-refractivity contribution < 1.29 is 4.52 Å². The summed E-state index contributed by atoms with van der Waals surface area (Å²) in [4.78, 5) is 4.46. The first-order valence-electron chi connectivity index (χ1n) is 8.30. The van der Waals surface area contributed by atoms with Crippen molar-refractivity contribution in [2.24, 2.45) is 16.6 Å². The molecule has 23 heavy (non-hydrogen) atoms. The third-order valence-electron chi connectivity index (χ3n) is 3.93. The Hall–Kier alpha value is -0.790. The van der Waals surface area contributed by atoms with Crippen molar-refractivity contribution in [2.75, 3.05) is 6.54 Å². The lowest BCUT2D eigenvalue weighted by Crippen LogP contribution is -2.38. The lowest BCUT2D eigenvalue weighted by Gasteiger charge is -2.16. The van der Waals surface area contributed by atoms with Crippen LogP contribution in [-0.2, 0) is 0 Å². The average molecular weight is 436 g/mol. The van der Waals surface area contributed by atoms with Crippen molar-refractivity contribution in [3.05, 3.63) is 17.0 Å². The Balaban J connectivity index is 0.00000484. The minimum Gasteiger partial charge on any atom is -0.370 e. The largest absolute Gasteiger partial charge is 0.370 e. The molecule has 0 saturated heterocycles. The molecule has 1 rings (SSSR count). The van der Waals surface area contributed by atoms with Crippen LogP contribution in [0.2, 0.25) is 0 Å². The van der Waals surface area contributed by atoms with Crippen LogP contribution in [-0.4, -0.2) is 23.7 Å². The SMILES string of the molecule is Cc1noc(C)c1C(C)CN=C(N)NC(C)CCCC(C)C.I. The van der Waals surface area contributed by atoms with Crippen LogP contribution in [0.4, 0.5) is 0 Å². The highest BCUT2D eigenvalue weighted by Gasteiger charge is 2.16. The van der Waals surface area contributed by atoms with Crippen molar-refractivity contribution in [1.29, 1.82) is 0 Å². The summed E-state index contributed by atoms with van der Waals surface area (Å²) < 4.78 is 5.21. The van der Waals surface area contributed by atoms with Gasteiger partial charge >= 0.3 is 0 Å². The van der Waals surface area contributed by atoms with Crippen molar-refractivity contribution in [3.63, 3.8) is 0 Å². The maximum absolute atomic E-state index is 5.98. The lowest BCUT2D eigenvalue weighted by molar-refractivity contribution is 0.391. The summed E-state index contributed by atoms with van der Waals surface area (Å²) in [5.41, 5.74) is 8.06. The maximum atomic E-state index is 5.98. The maximum Gasteiger partial charge on any atom is 0.188 e. The van der Waals surface area contributed by atoms with Gasteiger partial charge in [0.15, 0.2) is 5.96 Å². The number of guanidine groups is 1. The van der Waals surface area contributed by atoms with Crippen LogP contribution in [0.3, 0.4) is 0 Å². The Labute approximate surface area is 157 Å². The minimum atomic E-state index is 0. The molecular formula is C17H33IN4O. The number of halogens is 1. The number of nitrogens with zero attached hydrogens (tertiary/aromatic N) is 2. The van der Waals surface area contributed by atoms with Gasteiger partial charge in [0.25, 0.3) is 0 Å². The second-order valence-electron chi connectivity index (χ2n) is 6.73. The van der Waals surface area contributed by atoms with Crippen LogP contribution in [0.5, 0.6) is 0 Å². The van der Waals surface area contributed by atoms with Crippen molar-refractivity contribution in [3.8, 4) is 0 Å². The number of aliphatic imine (C=N–C) groups is 1. The van der Waals surface area contributed by atoms with Gasteiger partial charge < -0.3 is 15.6 Å². The molecule has 3 N–H and O–H groups in total. The third-order valence-corrected chi connectivity index (χ3v) is 3.93. The Kier molecular flexibility index (Phi) is 10.5. The van der Waals surface area contributed by atoms with E-state index >= 15 is 0 Å². The zero-order chi connectivity index (χ0) is 16.7. The molecule has 5 nitrogen and oxygen atoms in total. The summed E-state index contributed by atoms with van der Waals surface area (Å²) in [6.45, 7) is 13.3. The summed E-state index contributed by atoms with van der Waals surface area (Å²) in [6, 6.07) is 0.358. The van der Waals surface area contributed by atoms with Crippen LogP contribution in [0.25, 0.3) is 0 Å². The second kappa shape index (κ2) is 10.9. The van der Waals surface area contributed by atoms with E-state index in [9.17, 15) is 0 Å². The van der Waals surface area contributed by atoms with Gasteiger partial charge in [0, 0.05) is 24.1 Å². The molecule has 0 saturated carbocycles. The number of hydrogen-bond acceptors (Lipinski definition) is 3. The highest BCUT2D eigenvalue weighted by molar-refractivity contribution is 14.0. The summed E-state index contributed by atoms with van der Waals surface area (Å²) in [6.07, 6.45) is 3.59. The van der Waals surface area contributed by atoms with E-state index in [-0.39, 0.29) is 29.9 Å². The van der Waals surface area contributed by atoms with E-state index in [0.717, 1.165) is 29.4 Å². The predicted molar refractivity (Wildman–Crippen MR) is 108 cm³/mol. The standard InChI is InChI=1S/C17H32N4O.HI/c1-11(2)8-7-9-13(4)20-17(18)19-10-12(3)16-14(5)21-22-15(16)6;/h11-13H,7-10H2,1-6H3,(H3,18,19,20);1H. The van der Waals surface area contributed by atoms with Crippen molar-refractivity contribution in [1.82, 2.24) is 10.5 Å². The van der Waals surface area contributed by atoms with Gasteiger partial charge in [-0.05, 0) is 33.1 Å². The van der Waals surface area contributed by atoms with Gasteiger partial charge in [-0.15, -0.1) is 24.0 Å². The number of rotatable bonds is 8. The summed E-state index contributed by atoms with van der Waals surface area (Å²) in [5, 5.41) is 7.26. The first-order chi connectivity index (χ1) is 10.3. The molecular weight excluding hydrogens is 403 g/mol. The zero-order valence-electron chi connectivity index (χ0n) is 15.3. The van der Waals surface area contributed by atoms with E-state index < -0.39 is 0 Å². The van der Waals surface area contributed by atoms with E-state index in [2.05, 4.69) is 43.2 Å². The smallest absolute Gasteiger partial charge is 0.188 e. The molecule has 0 bridgehead atoms. The second-order valence-corrected chi connectivity index (χ2v) is 6.73. The minimum absolute atomic E-state index is 0. The highest BCUT2D eigenvalue weighted by atomic mass is 127. The van der Waals surface area contributed by atoms with Crippen molar-refractivity contribution in [2.45, 2.75) is 72.8 Å². The molecule has 0 spiro atoms. The van der Waals surface area contributed by atoms with Crippen LogP contribution in [0.15, 0.2) is 9.52 Å². The summed E-state index contributed by atoms with van der Waals surface area (Å²) in [7, 11) is 0. The Morgan fingerprint density at radius 2 is 1.87 bits per heavy atom. The first-order valence-corrected chi connectivity index (χ1v) is 8.30.